The van der Waals surface area contributed by atoms with Gasteiger partial charge in [0.05, 0.1) is 0 Å². The van der Waals surface area contributed by atoms with Gasteiger partial charge in [-0.15, -0.1) is 11.8 Å². The summed E-state index contributed by atoms with van der Waals surface area (Å²) in [6, 6.07) is 7.90. The highest BCUT2D eigenvalue weighted by Crippen LogP contribution is 2.30. The number of hydrogen-bond donors (Lipinski definition) is 0. The molecule has 0 amide bonds. The predicted octanol–water partition coefficient (Wildman–Crippen LogP) is 3.00. The molecule has 1 atom stereocenters. The van der Waals surface area contributed by atoms with E-state index in [1.54, 1.807) is 11.8 Å². The maximum atomic E-state index is 11.7. The molecule has 2 rings (SSSR count). The third-order valence-electron chi connectivity index (χ3n) is 2.24. The molecule has 1 unspecified atom stereocenters. The second-order valence-electron chi connectivity index (χ2n) is 3.54. The summed E-state index contributed by atoms with van der Waals surface area (Å²) in [4.78, 5) is 12.9. The highest BCUT2D eigenvalue weighted by molar-refractivity contribution is 7.99. The van der Waals surface area contributed by atoms with Gasteiger partial charge in [0.25, 0.3) is 0 Å². The Morgan fingerprint density at radius 2 is 2.15 bits per heavy atom. The summed E-state index contributed by atoms with van der Waals surface area (Å²) < 4.78 is 0. The van der Waals surface area contributed by atoms with Crippen molar-refractivity contribution >= 4 is 17.5 Å². The van der Waals surface area contributed by atoms with Crippen molar-refractivity contribution in [2.24, 2.45) is 5.92 Å². The Kier molecular flexibility index (Phi) is 2.40. The van der Waals surface area contributed by atoms with Crippen LogP contribution >= 0.6 is 11.8 Å². The minimum absolute atomic E-state index is 0.299. The second-order valence-corrected chi connectivity index (χ2v) is 4.60. The van der Waals surface area contributed by atoms with Crippen molar-refractivity contribution in [3.05, 3.63) is 29.8 Å². The quantitative estimate of drug-likeness (QED) is 0.628. The first-order chi connectivity index (χ1) is 6.27. The Bertz CT molecular complexity index is 333. The SMILES string of the molecule is CC1CSc2ccccc2C(=O)C1. The molecule has 0 saturated heterocycles. The van der Waals surface area contributed by atoms with Crippen molar-refractivity contribution in [3.63, 3.8) is 0 Å². The number of Topliss-reactive ketones (excluding diaryl/α,β-unsaturated/α-hetero) is 1. The Morgan fingerprint density at radius 1 is 1.38 bits per heavy atom. The van der Waals surface area contributed by atoms with E-state index >= 15 is 0 Å². The molecule has 1 aromatic carbocycles. The highest BCUT2D eigenvalue weighted by Gasteiger charge is 2.19. The van der Waals surface area contributed by atoms with Crippen LogP contribution in [0.1, 0.15) is 23.7 Å². The number of fused-ring (bicyclic) bond motifs is 1. The molecule has 13 heavy (non-hydrogen) atoms. The van der Waals surface area contributed by atoms with Gasteiger partial charge in [-0.05, 0) is 12.0 Å². The highest BCUT2D eigenvalue weighted by atomic mass is 32.2. The van der Waals surface area contributed by atoms with Crippen molar-refractivity contribution < 1.29 is 4.79 Å². The number of ketones is 1. The van der Waals surface area contributed by atoms with Crippen LogP contribution in [-0.2, 0) is 0 Å². The molecule has 0 aliphatic carbocycles. The van der Waals surface area contributed by atoms with E-state index in [0.717, 1.165) is 16.2 Å². The lowest BCUT2D eigenvalue weighted by molar-refractivity contribution is 0.0967. The monoisotopic (exact) mass is 192 g/mol. The molecule has 68 valence electrons. The molecule has 1 heterocycles. The summed E-state index contributed by atoms with van der Waals surface area (Å²) in [5.74, 6) is 1.86. The van der Waals surface area contributed by atoms with E-state index in [2.05, 4.69) is 6.92 Å². The molecule has 1 aromatic rings. The lowest BCUT2D eigenvalue weighted by Crippen LogP contribution is -2.04. The lowest BCUT2D eigenvalue weighted by Gasteiger charge is -2.02. The predicted molar refractivity (Wildman–Crippen MR) is 55.3 cm³/mol. The fraction of sp³-hybridized carbons (Fsp3) is 0.364. The van der Waals surface area contributed by atoms with Gasteiger partial charge in [-0.25, -0.2) is 0 Å². The number of benzene rings is 1. The minimum atomic E-state index is 0.299. The molecule has 1 aliphatic heterocycles. The van der Waals surface area contributed by atoms with Crippen LogP contribution in [0.25, 0.3) is 0 Å². The van der Waals surface area contributed by atoms with Gasteiger partial charge in [-0.1, -0.05) is 25.1 Å². The first kappa shape index (κ1) is 8.82. The fourth-order valence-corrected chi connectivity index (χ4v) is 2.63. The lowest BCUT2D eigenvalue weighted by atomic mass is 10.0. The van der Waals surface area contributed by atoms with Gasteiger partial charge in [0, 0.05) is 22.6 Å². The maximum Gasteiger partial charge on any atom is 0.164 e. The second kappa shape index (κ2) is 3.54. The van der Waals surface area contributed by atoms with Crippen LogP contribution in [0.5, 0.6) is 0 Å². The van der Waals surface area contributed by atoms with Crippen LogP contribution in [0.4, 0.5) is 0 Å². The third kappa shape index (κ3) is 1.78. The zero-order chi connectivity index (χ0) is 9.26. The van der Waals surface area contributed by atoms with Crippen LogP contribution in [0.3, 0.4) is 0 Å². The topological polar surface area (TPSA) is 17.1 Å². The Morgan fingerprint density at radius 3 is 3.00 bits per heavy atom. The molecule has 0 N–H and O–H groups in total. The summed E-state index contributed by atoms with van der Waals surface area (Å²) in [6.07, 6.45) is 0.698. The number of carbonyl (C=O) groups is 1. The van der Waals surface area contributed by atoms with Crippen LogP contribution < -0.4 is 0 Å². The molecular weight excluding hydrogens is 180 g/mol. The van der Waals surface area contributed by atoms with Crippen molar-refractivity contribution in [2.75, 3.05) is 5.75 Å². The van der Waals surface area contributed by atoms with Crippen LogP contribution in [0, 0.1) is 5.92 Å². The number of hydrogen-bond acceptors (Lipinski definition) is 2. The van der Waals surface area contributed by atoms with Crippen molar-refractivity contribution in [1.29, 1.82) is 0 Å². The van der Waals surface area contributed by atoms with Gasteiger partial charge < -0.3 is 0 Å². The summed E-state index contributed by atoms with van der Waals surface area (Å²) in [7, 11) is 0. The molecule has 0 saturated carbocycles. The summed E-state index contributed by atoms with van der Waals surface area (Å²) in [6.45, 7) is 2.14. The Labute approximate surface area is 82.5 Å². The molecule has 0 aromatic heterocycles. The van der Waals surface area contributed by atoms with E-state index in [0.29, 0.717) is 18.1 Å². The van der Waals surface area contributed by atoms with Gasteiger partial charge in [0.15, 0.2) is 5.78 Å². The van der Waals surface area contributed by atoms with Gasteiger partial charge >= 0.3 is 0 Å². The van der Waals surface area contributed by atoms with E-state index in [9.17, 15) is 4.79 Å². The van der Waals surface area contributed by atoms with Crippen molar-refractivity contribution in [3.8, 4) is 0 Å². The van der Waals surface area contributed by atoms with Crippen LogP contribution in [-0.4, -0.2) is 11.5 Å². The van der Waals surface area contributed by atoms with Gasteiger partial charge in [0.1, 0.15) is 0 Å². The maximum absolute atomic E-state index is 11.7. The van der Waals surface area contributed by atoms with E-state index in [1.165, 1.54) is 0 Å². The summed E-state index contributed by atoms with van der Waals surface area (Å²) >= 11 is 1.80. The molecule has 1 nitrogen and oxygen atoms in total. The molecule has 0 radical (unpaired) electrons. The molecule has 0 spiro atoms. The summed E-state index contributed by atoms with van der Waals surface area (Å²) in [5.41, 5.74) is 0.914. The van der Waals surface area contributed by atoms with Crippen LogP contribution in [0.2, 0.25) is 0 Å². The third-order valence-corrected chi connectivity index (χ3v) is 3.65. The average molecular weight is 192 g/mol. The molecule has 0 bridgehead atoms. The van der Waals surface area contributed by atoms with Crippen molar-refractivity contribution in [1.82, 2.24) is 0 Å². The molecular formula is C11H12OS. The first-order valence-electron chi connectivity index (χ1n) is 4.52. The standard InChI is InChI=1S/C11H12OS/c1-8-6-10(12)9-4-2-3-5-11(9)13-7-8/h2-5,8H,6-7H2,1H3. The smallest absolute Gasteiger partial charge is 0.164 e. The largest absolute Gasteiger partial charge is 0.294 e. The van der Waals surface area contributed by atoms with Crippen LogP contribution in [0.15, 0.2) is 29.2 Å². The number of rotatable bonds is 0. The normalized spacial score (nSPS) is 22.2. The van der Waals surface area contributed by atoms with E-state index in [4.69, 9.17) is 0 Å². The number of carbonyl (C=O) groups excluding carboxylic acids is 1. The number of thioether (sulfide) groups is 1. The average Bonchev–Trinajstić information content (AvgIpc) is 2.27. The Hall–Kier alpha value is -0.760. The van der Waals surface area contributed by atoms with E-state index < -0.39 is 0 Å². The zero-order valence-electron chi connectivity index (χ0n) is 7.62. The van der Waals surface area contributed by atoms with Gasteiger partial charge in [0.2, 0.25) is 0 Å². The van der Waals surface area contributed by atoms with Crippen molar-refractivity contribution in [2.45, 2.75) is 18.2 Å². The molecule has 2 heteroatoms. The molecule has 0 fully saturated rings. The zero-order valence-corrected chi connectivity index (χ0v) is 8.43. The Balaban J connectivity index is 2.40. The van der Waals surface area contributed by atoms with Gasteiger partial charge in [-0.3, -0.25) is 4.79 Å². The summed E-state index contributed by atoms with van der Waals surface area (Å²) in [5, 5.41) is 0. The van der Waals surface area contributed by atoms with E-state index in [-0.39, 0.29) is 0 Å². The first-order valence-corrected chi connectivity index (χ1v) is 5.51. The molecule has 1 aliphatic rings. The van der Waals surface area contributed by atoms with Gasteiger partial charge in [-0.2, -0.15) is 0 Å². The minimum Gasteiger partial charge on any atom is -0.294 e. The fourth-order valence-electron chi connectivity index (χ4n) is 1.54. The van der Waals surface area contributed by atoms with E-state index in [1.807, 2.05) is 24.3 Å².